The molecule has 0 aromatic heterocycles. The van der Waals surface area contributed by atoms with Crippen molar-refractivity contribution in [1.29, 1.82) is 0 Å². The third-order valence-corrected chi connectivity index (χ3v) is 3.36. The van der Waals surface area contributed by atoms with Crippen LogP contribution >= 0.6 is 0 Å². The quantitative estimate of drug-likeness (QED) is 0.463. The van der Waals surface area contributed by atoms with Crippen molar-refractivity contribution in [3.8, 4) is 5.75 Å². The van der Waals surface area contributed by atoms with E-state index in [2.05, 4.69) is 4.74 Å². The van der Waals surface area contributed by atoms with Gasteiger partial charge in [0.2, 0.25) is 0 Å². The van der Waals surface area contributed by atoms with Crippen molar-refractivity contribution < 1.29 is 19.2 Å². The number of carbonyl (C=O) groups is 1. The lowest BCUT2D eigenvalue weighted by Crippen LogP contribution is -2.05. The smallest absolute Gasteiger partial charge is 0.309 e. The average Bonchev–Trinajstić information content (AvgIpc) is 2.56. The van der Waals surface area contributed by atoms with Gasteiger partial charge in [-0.2, -0.15) is 0 Å². The molecular formula is C17H17NO5. The molecule has 0 radical (unpaired) electrons. The second kappa shape index (κ2) is 7.40. The van der Waals surface area contributed by atoms with Crippen molar-refractivity contribution in [3.63, 3.8) is 0 Å². The number of esters is 1. The summed E-state index contributed by atoms with van der Waals surface area (Å²) in [6.07, 6.45) is -0.127. The van der Waals surface area contributed by atoms with Crippen molar-refractivity contribution >= 4 is 11.7 Å². The standard InChI is InChI=1S/C17H17NO5/c1-12(14-4-3-5-15(11-14)18(20)21)23-16-8-6-13(7-9-16)10-17(19)22-2/h3-9,11-12H,10H2,1-2H3/t12-/m1/s1. The summed E-state index contributed by atoms with van der Waals surface area (Å²) in [5.74, 6) is 0.321. The number of non-ortho nitro benzene ring substituents is 1. The van der Waals surface area contributed by atoms with Crippen LogP contribution in [0.25, 0.3) is 0 Å². The summed E-state index contributed by atoms with van der Waals surface area (Å²) >= 11 is 0. The van der Waals surface area contributed by atoms with Gasteiger partial charge in [-0.1, -0.05) is 24.3 Å². The maximum absolute atomic E-state index is 11.2. The number of nitrogens with zero attached hydrogens (tertiary/aromatic N) is 1. The molecule has 1 atom stereocenters. The van der Waals surface area contributed by atoms with Gasteiger partial charge in [0.05, 0.1) is 18.5 Å². The summed E-state index contributed by atoms with van der Waals surface area (Å²) in [5.41, 5.74) is 1.58. The highest BCUT2D eigenvalue weighted by molar-refractivity contribution is 5.72. The fraction of sp³-hybridized carbons (Fsp3) is 0.235. The second-order valence-corrected chi connectivity index (χ2v) is 5.01. The summed E-state index contributed by atoms with van der Waals surface area (Å²) in [6, 6.07) is 13.4. The number of nitro benzene ring substituents is 1. The van der Waals surface area contributed by atoms with Gasteiger partial charge in [-0.15, -0.1) is 0 Å². The first-order valence-corrected chi connectivity index (χ1v) is 7.06. The molecule has 6 heteroatoms. The van der Waals surface area contributed by atoms with E-state index in [9.17, 15) is 14.9 Å². The van der Waals surface area contributed by atoms with Crippen LogP contribution in [0.1, 0.15) is 24.2 Å². The number of rotatable bonds is 6. The SMILES string of the molecule is COC(=O)Cc1ccc(O[C@H](C)c2cccc([N+](=O)[O-])c2)cc1. The number of hydrogen-bond donors (Lipinski definition) is 0. The molecule has 0 spiro atoms. The number of carbonyl (C=O) groups excluding carboxylic acids is 1. The molecule has 0 unspecified atom stereocenters. The molecule has 0 heterocycles. The zero-order valence-electron chi connectivity index (χ0n) is 12.9. The first-order chi connectivity index (χ1) is 11.0. The predicted molar refractivity (Wildman–Crippen MR) is 84.3 cm³/mol. The lowest BCUT2D eigenvalue weighted by atomic mass is 10.1. The molecule has 0 bridgehead atoms. The van der Waals surface area contributed by atoms with Crippen molar-refractivity contribution in [3.05, 3.63) is 69.8 Å². The van der Waals surface area contributed by atoms with Crippen molar-refractivity contribution in [1.82, 2.24) is 0 Å². The van der Waals surface area contributed by atoms with Crippen LogP contribution in [0.4, 0.5) is 5.69 Å². The molecular weight excluding hydrogens is 298 g/mol. The van der Waals surface area contributed by atoms with Crippen LogP contribution in [0.15, 0.2) is 48.5 Å². The number of nitro groups is 1. The molecule has 0 aliphatic carbocycles. The molecule has 2 aromatic carbocycles. The highest BCUT2D eigenvalue weighted by Crippen LogP contribution is 2.24. The Morgan fingerprint density at radius 1 is 1.22 bits per heavy atom. The first kappa shape index (κ1) is 16.5. The summed E-state index contributed by atoms with van der Waals surface area (Å²) in [7, 11) is 1.35. The Kier molecular flexibility index (Phi) is 5.30. The van der Waals surface area contributed by atoms with Crippen LogP contribution < -0.4 is 4.74 Å². The van der Waals surface area contributed by atoms with Gasteiger partial charge in [0.25, 0.3) is 5.69 Å². The lowest BCUT2D eigenvalue weighted by Gasteiger charge is -2.15. The Balaban J connectivity index is 2.05. The predicted octanol–water partition coefficient (Wildman–Crippen LogP) is 3.45. The minimum atomic E-state index is -0.433. The van der Waals surface area contributed by atoms with Crippen LogP contribution in [0, 0.1) is 10.1 Å². The maximum atomic E-state index is 11.2. The van der Waals surface area contributed by atoms with Gasteiger partial charge >= 0.3 is 5.97 Å². The number of ether oxygens (including phenoxy) is 2. The number of methoxy groups -OCH3 is 1. The van der Waals surface area contributed by atoms with Gasteiger partial charge in [0.1, 0.15) is 11.9 Å². The maximum Gasteiger partial charge on any atom is 0.309 e. The molecule has 2 rings (SSSR count). The molecule has 0 N–H and O–H groups in total. The third-order valence-electron chi connectivity index (χ3n) is 3.36. The van der Waals surface area contributed by atoms with E-state index in [0.717, 1.165) is 11.1 Å². The minimum absolute atomic E-state index is 0.0337. The fourth-order valence-corrected chi connectivity index (χ4v) is 2.09. The Bertz CT molecular complexity index is 696. The van der Waals surface area contributed by atoms with Crippen LogP contribution in [-0.2, 0) is 16.0 Å². The van der Waals surface area contributed by atoms with Gasteiger partial charge in [0.15, 0.2) is 0 Å². The van der Waals surface area contributed by atoms with E-state index in [1.807, 2.05) is 6.92 Å². The Morgan fingerprint density at radius 2 is 1.91 bits per heavy atom. The summed E-state index contributed by atoms with van der Waals surface area (Å²) in [4.78, 5) is 21.6. The van der Waals surface area contributed by atoms with E-state index in [1.165, 1.54) is 19.2 Å². The molecule has 23 heavy (non-hydrogen) atoms. The van der Waals surface area contributed by atoms with E-state index in [4.69, 9.17) is 4.74 Å². The van der Waals surface area contributed by atoms with E-state index in [-0.39, 0.29) is 24.2 Å². The largest absolute Gasteiger partial charge is 0.486 e. The van der Waals surface area contributed by atoms with Gasteiger partial charge in [0, 0.05) is 12.1 Å². The van der Waals surface area contributed by atoms with E-state index >= 15 is 0 Å². The molecule has 2 aromatic rings. The van der Waals surface area contributed by atoms with Gasteiger partial charge in [-0.05, 0) is 30.2 Å². The Labute approximate surface area is 133 Å². The zero-order valence-corrected chi connectivity index (χ0v) is 12.9. The normalized spacial score (nSPS) is 11.6. The molecule has 0 aliphatic heterocycles. The first-order valence-electron chi connectivity index (χ1n) is 7.06. The fourth-order valence-electron chi connectivity index (χ4n) is 2.09. The Hall–Kier alpha value is -2.89. The van der Waals surface area contributed by atoms with Gasteiger partial charge in [-0.25, -0.2) is 0 Å². The molecule has 0 saturated carbocycles. The molecule has 0 fully saturated rings. The summed E-state index contributed by atoms with van der Waals surface area (Å²) < 4.78 is 10.4. The lowest BCUT2D eigenvalue weighted by molar-refractivity contribution is -0.385. The Morgan fingerprint density at radius 3 is 2.52 bits per heavy atom. The monoisotopic (exact) mass is 315 g/mol. The molecule has 0 aliphatic rings. The van der Waals surface area contributed by atoms with Gasteiger partial charge in [-0.3, -0.25) is 14.9 Å². The van der Waals surface area contributed by atoms with Crippen LogP contribution in [0.2, 0.25) is 0 Å². The molecule has 6 nitrogen and oxygen atoms in total. The molecule has 120 valence electrons. The van der Waals surface area contributed by atoms with Crippen LogP contribution in [0.3, 0.4) is 0 Å². The van der Waals surface area contributed by atoms with E-state index in [1.54, 1.807) is 36.4 Å². The van der Waals surface area contributed by atoms with Gasteiger partial charge < -0.3 is 9.47 Å². The highest BCUT2D eigenvalue weighted by Gasteiger charge is 2.12. The molecule has 0 saturated heterocycles. The van der Waals surface area contributed by atoms with Crippen molar-refractivity contribution in [2.45, 2.75) is 19.4 Å². The number of benzene rings is 2. The third kappa shape index (κ3) is 4.54. The summed E-state index contributed by atoms with van der Waals surface area (Å²) in [5, 5.41) is 10.8. The second-order valence-electron chi connectivity index (χ2n) is 5.01. The number of hydrogen-bond acceptors (Lipinski definition) is 5. The van der Waals surface area contributed by atoms with E-state index < -0.39 is 4.92 Å². The van der Waals surface area contributed by atoms with Crippen molar-refractivity contribution in [2.24, 2.45) is 0 Å². The van der Waals surface area contributed by atoms with Crippen LogP contribution in [-0.4, -0.2) is 18.0 Å². The molecule has 0 amide bonds. The van der Waals surface area contributed by atoms with E-state index in [0.29, 0.717) is 5.75 Å². The summed E-state index contributed by atoms with van der Waals surface area (Å²) in [6.45, 7) is 1.82. The van der Waals surface area contributed by atoms with Crippen molar-refractivity contribution in [2.75, 3.05) is 7.11 Å². The highest BCUT2D eigenvalue weighted by atomic mass is 16.6. The zero-order chi connectivity index (χ0) is 16.8. The van der Waals surface area contributed by atoms with Crippen LogP contribution in [0.5, 0.6) is 5.75 Å². The average molecular weight is 315 g/mol. The minimum Gasteiger partial charge on any atom is -0.486 e. The topological polar surface area (TPSA) is 78.7 Å².